The fourth-order valence-corrected chi connectivity index (χ4v) is 0.956. The standard InChI is InChI=1S/C8H10N2O2/c1-5-7(11)9(3)6(2)10(4)8(5)12/h1-2H2,3-4H3. The Bertz CT molecular complexity index is 478. The Morgan fingerprint density at radius 1 is 1.00 bits per heavy atom. The third kappa shape index (κ3) is 0.922. The molecule has 0 spiro atoms. The number of nitrogens with zero attached hydrogens (tertiary/aromatic N) is 2. The lowest BCUT2D eigenvalue weighted by Crippen LogP contribution is -2.55. The van der Waals surface area contributed by atoms with Gasteiger partial charge in [-0.15, -0.1) is 0 Å². The van der Waals surface area contributed by atoms with Crippen molar-refractivity contribution in [3.8, 4) is 0 Å². The Morgan fingerprint density at radius 3 is 1.67 bits per heavy atom. The van der Waals surface area contributed by atoms with E-state index < -0.39 is 0 Å². The van der Waals surface area contributed by atoms with Crippen LogP contribution in [0, 0.1) is 0 Å². The van der Waals surface area contributed by atoms with Gasteiger partial charge in [-0.1, -0.05) is 13.2 Å². The molecule has 0 aromatic carbocycles. The van der Waals surface area contributed by atoms with Gasteiger partial charge in [0.15, 0.2) is 0 Å². The van der Waals surface area contributed by atoms with E-state index in [2.05, 4.69) is 13.2 Å². The van der Waals surface area contributed by atoms with Crippen LogP contribution in [0.25, 0.3) is 13.2 Å². The molecule has 1 rings (SSSR count). The number of rotatable bonds is 0. The molecule has 0 bridgehead atoms. The van der Waals surface area contributed by atoms with Crippen molar-refractivity contribution >= 4 is 13.2 Å². The molecule has 0 N–H and O–H groups in total. The van der Waals surface area contributed by atoms with Gasteiger partial charge in [0.05, 0.1) is 5.22 Å². The minimum absolute atomic E-state index is 0.0209. The normalized spacial score (nSPS) is 10.2. The Morgan fingerprint density at radius 2 is 1.33 bits per heavy atom. The van der Waals surface area contributed by atoms with E-state index in [1.807, 2.05) is 0 Å². The summed E-state index contributed by atoms with van der Waals surface area (Å²) in [5.74, 6) is 0. The maximum atomic E-state index is 11.2. The summed E-state index contributed by atoms with van der Waals surface area (Å²) < 4.78 is 2.59. The van der Waals surface area contributed by atoms with Crippen molar-refractivity contribution in [2.75, 3.05) is 0 Å². The van der Waals surface area contributed by atoms with E-state index in [4.69, 9.17) is 0 Å². The molecule has 1 aromatic rings. The van der Waals surface area contributed by atoms with E-state index in [-0.39, 0.29) is 16.3 Å². The minimum atomic E-state index is -0.386. The first-order chi connectivity index (χ1) is 5.46. The largest absolute Gasteiger partial charge is 0.298 e. The highest BCUT2D eigenvalue weighted by Crippen LogP contribution is 1.51. The molecule has 64 valence electrons. The summed E-state index contributed by atoms with van der Waals surface area (Å²) in [4.78, 5) is 22.4. The molecule has 0 amide bonds. The van der Waals surface area contributed by atoms with Crippen LogP contribution in [0.4, 0.5) is 0 Å². The number of hydrogen-bond acceptors (Lipinski definition) is 2. The minimum Gasteiger partial charge on any atom is -0.298 e. The fraction of sp³-hybridized carbons (Fsp3) is 0.250. The van der Waals surface area contributed by atoms with Crippen molar-refractivity contribution in [2.24, 2.45) is 14.1 Å². The molecule has 0 fully saturated rings. The summed E-state index contributed by atoms with van der Waals surface area (Å²) in [7, 11) is 3.11. The molecule has 0 unspecified atom stereocenters. The van der Waals surface area contributed by atoms with Crippen LogP contribution in [-0.2, 0) is 14.1 Å². The maximum Gasteiger partial charge on any atom is 0.264 e. The molecule has 0 saturated carbocycles. The van der Waals surface area contributed by atoms with E-state index in [9.17, 15) is 9.59 Å². The molecule has 0 atom stereocenters. The van der Waals surface area contributed by atoms with Crippen LogP contribution in [0.2, 0.25) is 0 Å². The Balaban J connectivity index is 4.15. The molecular weight excluding hydrogens is 156 g/mol. The smallest absolute Gasteiger partial charge is 0.264 e. The molecule has 12 heavy (non-hydrogen) atoms. The zero-order chi connectivity index (χ0) is 9.46. The maximum absolute atomic E-state index is 11.2. The molecule has 0 aliphatic carbocycles. The van der Waals surface area contributed by atoms with Gasteiger partial charge in [-0.3, -0.25) is 18.7 Å². The first kappa shape index (κ1) is 8.52. The zero-order valence-corrected chi connectivity index (χ0v) is 7.13. The average Bonchev–Trinajstić information content (AvgIpc) is 2.08. The summed E-state index contributed by atoms with van der Waals surface area (Å²) in [5, 5.41) is -0.0209. The summed E-state index contributed by atoms with van der Waals surface area (Å²) >= 11 is 0. The van der Waals surface area contributed by atoms with E-state index in [0.29, 0.717) is 5.48 Å². The molecule has 0 aliphatic heterocycles. The van der Waals surface area contributed by atoms with Gasteiger partial charge in [0.1, 0.15) is 5.48 Å². The molecule has 1 aromatic heterocycles. The van der Waals surface area contributed by atoms with Gasteiger partial charge in [0.2, 0.25) is 0 Å². The topological polar surface area (TPSA) is 44.0 Å². The predicted molar refractivity (Wildman–Crippen MR) is 47.2 cm³/mol. The Hall–Kier alpha value is -1.58. The molecule has 0 radical (unpaired) electrons. The number of hydrogen-bond donors (Lipinski definition) is 0. The van der Waals surface area contributed by atoms with E-state index in [1.54, 1.807) is 14.1 Å². The van der Waals surface area contributed by atoms with Crippen LogP contribution in [0.5, 0.6) is 0 Å². The highest BCUT2D eigenvalue weighted by atomic mass is 16.1. The van der Waals surface area contributed by atoms with Gasteiger partial charge in [-0.05, 0) is 0 Å². The third-order valence-electron chi connectivity index (χ3n) is 1.90. The zero-order valence-electron chi connectivity index (χ0n) is 7.13. The van der Waals surface area contributed by atoms with Crippen LogP contribution in [0.15, 0.2) is 9.59 Å². The Labute approximate surface area is 68.7 Å². The highest BCUT2D eigenvalue weighted by molar-refractivity contribution is 5.03. The molecule has 1 heterocycles. The van der Waals surface area contributed by atoms with Gasteiger partial charge < -0.3 is 0 Å². The SMILES string of the molecule is C=c1c(=O)n(C)c(=C)n(C)c1=O. The lowest BCUT2D eigenvalue weighted by atomic mass is 10.5. The number of aromatic nitrogens is 2. The first-order valence-corrected chi connectivity index (χ1v) is 3.40. The van der Waals surface area contributed by atoms with Crippen LogP contribution in [-0.4, -0.2) is 9.13 Å². The third-order valence-corrected chi connectivity index (χ3v) is 1.90. The van der Waals surface area contributed by atoms with Crippen molar-refractivity contribution in [1.29, 1.82) is 0 Å². The van der Waals surface area contributed by atoms with E-state index in [0.717, 1.165) is 0 Å². The monoisotopic (exact) mass is 166 g/mol. The van der Waals surface area contributed by atoms with Gasteiger partial charge in [0, 0.05) is 14.1 Å². The van der Waals surface area contributed by atoms with E-state index in [1.165, 1.54) is 9.13 Å². The van der Waals surface area contributed by atoms with Gasteiger partial charge in [-0.25, -0.2) is 0 Å². The second-order valence-electron chi connectivity index (χ2n) is 2.62. The molecule has 4 heteroatoms. The van der Waals surface area contributed by atoms with Crippen LogP contribution < -0.4 is 21.8 Å². The summed E-state index contributed by atoms with van der Waals surface area (Å²) in [6, 6.07) is 0. The van der Waals surface area contributed by atoms with Crippen LogP contribution in [0.3, 0.4) is 0 Å². The fourth-order valence-electron chi connectivity index (χ4n) is 0.956. The van der Waals surface area contributed by atoms with Crippen molar-refractivity contribution < 1.29 is 0 Å². The second-order valence-corrected chi connectivity index (χ2v) is 2.62. The van der Waals surface area contributed by atoms with Crippen LogP contribution in [0.1, 0.15) is 0 Å². The predicted octanol–water partition coefficient (Wildman–Crippen LogP) is -2.10. The second kappa shape index (κ2) is 2.48. The summed E-state index contributed by atoms with van der Waals surface area (Å²) in [6.07, 6.45) is 0. The quantitative estimate of drug-likeness (QED) is 0.443. The lowest BCUT2D eigenvalue weighted by molar-refractivity contribution is 0.666. The van der Waals surface area contributed by atoms with Gasteiger partial charge >= 0.3 is 0 Å². The highest BCUT2D eigenvalue weighted by Gasteiger charge is 1.99. The van der Waals surface area contributed by atoms with Crippen molar-refractivity contribution in [3.05, 3.63) is 31.4 Å². The molecular formula is C8H10N2O2. The molecule has 0 saturated heterocycles. The summed E-state index contributed by atoms with van der Waals surface area (Å²) in [5.41, 5.74) is -0.399. The van der Waals surface area contributed by atoms with Crippen molar-refractivity contribution in [1.82, 2.24) is 9.13 Å². The molecule has 0 aliphatic rings. The average molecular weight is 166 g/mol. The van der Waals surface area contributed by atoms with Crippen molar-refractivity contribution in [2.45, 2.75) is 0 Å². The van der Waals surface area contributed by atoms with Gasteiger partial charge in [-0.2, -0.15) is 0 Å². The molecule has 4 nitrogen and oxygen atoms in total. The van der Waals surface area contributed by atoms with Crippen LogP contribution >= 0.6 is 0 Å². The summed E-state index contributed by atoms with van der Waals surface area (Å²) in [6.45, 7) is 6.97. The van der Waals surface area contributed by atoms with E-state index >= 15 is 0 Å². The Kier molecular flexibility index (Phi) is 1.76. The first-order valence-electron chi connectivity index (χ1n) is 3.40. The van der Waals surface area contributed by atoms with Gasteiger partial charge in [0.25, 0.3) is 11.1 Å². The lowest BCUT2D eigenvalue weighted by Gasteiger charge is -2.02. The van der Waals surface area contributed by atoms with Crippen molar-refractivity contribution in [3.63, 3.8) is 0 Å².